The van der Waals surface area contributed by atoms with Crippen molar-refractivity contribution < 1.29 is 27.8 Å². The second-order valence-electron chi connectivity index (χ2n) is 7.79. The van der Waals surface area contributed by atoms with Gasteiger partial charge in [-0.3, -0.25) is 14.5 Å². The molecule has 6 nitrogen and oxygen atoms in total. The molecule has 31 heavy (non-hydrogen) atoms. The topological polar surface area (TPSA) is 67.9 Å². The van der Waals surface area contributed by atoms with Gasteiger partial charge in [0.2, 0.25) is 5.91 Å². The molecule has 1 saturated heterocycles. The quantitative estimate of drug-likeness (QED) is 0.734. The van der Waals surface area contributed by atoms with E-state index in [4.69, 9.17) is 9.47 Å². The van der Waals surface area contributed by atoms with Crippen molar-refractivity contribution in [3.8, 4) is 11.5 Å². The molecule has 2 heterocycles. The number of carbonyl (C=O) groups is 2. The van der Waals surface area contributed by atoms with Crippen molar-refractivity contribution in [3.63, 3.8) is 0 Å². The van der Waals surface area contributed by atoms with Crippen LogP contribution in [0.3, 0.4) is 0 Å². The molecule has 8 heteroatoms. The van der Waals surface area contributed by atoms with Crippen LogP contribution in [-0.4, -0.2) is 48.9 Å². The molecule has 2 aliphatic rings. The van der Waals surface area contributed by atoms with Gasteiger partial charge in [0.05, 0.1) is 6.04 Å². The molecule has 1 unspecified atom stereocenters. The predicted molar refractivity (Wildman–Crippen MR) is 111 cm³/mol. The van der Waals surface area contributed by atoms with E-state index in [1.807, 2.05) is 4.90 Å². The molecule has 0 radical (unpaired) electrons. The normalized spacial score (nSPS) is 17.8. The first-order valence-electron chi connectivity index (χ1n) is 10.4. The molecule has 2 aromatic rings. The Labute approximate surface area is 179 Å². The van der Waals surface area contributed by atoms with E-state index in [0.717, 1.165) is 12.1 Å². The molecule has 2 aromatic carbocycles. The van der Waals surface area contributed by atoms with Crippen LogP contribution >= 0.6 is 0 Å². The van der Waals surface area contributed by atoms with Crippen LogP contribution in [0.5, 0.6) is 11.5 Å². The molecular formula is C23H24F2N2O4. The number of ether oxygens (including phenoxy) is 2. The number of ketones is 1. The van der Waals surface area contributed by atoms with Gasteiger partial charge in [-0.05, 0) is 63.2 Å². The third kappa shape index (κ3) is 4.54. The predicted octanol–water partition coefficient (Wildman–Crippen LogP) is 3.66. The van der Waals surface area contributed by atoms with Crippen molar-refractivity contribution in [2.75, 3.05) is 31.6 Å². The van der Waals surface area contributed by atoms with Crippen LogP contribution < -0.4 is 14.8 Å². The fourth-order valence-corrected chi connectivity index (χ4v) is 3.99. The maximum atomic E-state index is 13.8. The van der Waals surface area contributed by atoms with Gasteiger partial charge in [-0.15, -0.1) is 0 Å². The molecule has 0 aromatic heterocycles. The lowest BCUT2D eigenvalue weighted by atomic mass is 9.88. The Bertz CT molecular complexity index is 969. The van der Waals surface area contributed by atoms with Crippen molar-refractivity contribution in [3.05, 3.63) is 53.6 Å². The minimum absolute atomic E-state index is 0.0437. The number of hydrogen-bond acceptors (Lipinski definition) is 5. The molecule has 0 bridgehead atoms. The number of Topliss-reactive ketones (excluding diaryl/α,β-unsaturated/α-hetero) is 1. The number of carbonyl (C=O) groups excluding carboxylic acids is 2. The van der Waals surface area contributed by atoms with Gasteiger partial charge in [-0.25, -0.2) is 8.78 Å². The SMILES string of the molecule is CC(C(=O)Nc1c(F)cccc1F)N1CCC(C(=O)c2ccc3c(c2)OCCO3)CC1. The molecule has 2 aliphatic heterocycles. The summed E-state index contributed by atoms with van der Waals surface area (Å²) in [5.74, 6) is -1.00. The number of benzene rings is 2. The summed E-state index contributed by atoms with van der Waals surface area (Å²) in [6.45, 7) is 3.72. The molecule has 4 rings (SSSR count). The van der Waals surface area contributed by atoms with Gasteiger partial charge >= 0.3 is 0 Å². The molecule has 0 saturated carbocycles. The van der Waals surface area contributed by atoms with Gasteiger partial charge in [-0.1, -0.05) is 6.07 Å². The van der Waals surface area contributed by atoms with Crippen molar-refractivity contribution in [1.82, 2.24) is 4.90 Å². The van der Waals surface area contributed by atoms with Crippen LogP contribution in [0, 0.1) is 17.6 Å². The Morgan fingerprint density at radius 1 is 1.03 bits per heavy atom. The Balaban J connectivity index is 1.34. The molecular weight excluding hydrogens is 406 g/mol. The summed E-state index contributed by atoms with van der Waals surface area (Å²) in [5.41, 5.74) is 0.145. The second kappa shape index (κ2) is 9.01. The number of amides is 1. The second-order valence-corrected chi connectivity index (χ2v) is 7.79. The first kappa shape index (κ1) is 21.2. The van der Waals surface area contributed by atoms with Gasteiger partial charge in [0.1, 0.15) is 30.5 Å². The number of rotatable bonds is 5. The summed E-state index contributed by atoms with van der Waals surface area (Å²) >= 11 is 0. The van der Waals surface area contributed by atoms with Crippen molar-refractivity contribution in [2.45, 2.75) is 25.8 Å². The van der Waals surface area contributed by atoms with Crippen LogP contribution in [0.25, 0.3) is 0 Å². The molecule has 164 valence electrons. The number of nitrogens with zero attached hydrogens (tertiary/aromatic N) is 1. The lowest BCUT2D eigenvalue weighted by Gasteiger charge is -2.34. The van der Waals surface area contributed by atoms with Gasteiger partial charge < -0.3 is 14.8 Å². The zero-order valence-corrected chi connectivity index (χ0v) is 17.2. The summed E-state index contributed by atoms with van der Waals surface area (Å²) in [4.78, 5) is 27.4. The smallest absolute Gasteiger partial charge is 0.241 e. The Kier molecular flexibility index (Phi) is 6.18. The number of para-hydroxylation sites is 1. The van der Waals surface area contributed by atoms with Crippen LogP contribution in [0.1, 0.15) is 30.1 Å². The van der Waals surface area contributed by atoms with Gasteiger partial charge in [0.25, 0.3) is 0 Å². The van der Waals surface area contributed by atoms with Crippen LogP contribution in [0.15, 0.2) is 36.4 Å². The highest BCUT2D eigenvalue weighted by molar-refractivity contribution is 5.98. The Morgan fingerprint density at radius 2 is 1.68 bits per heavy atom. The highest BCUT2D eigenvalue weighted by atomic mass is 19.1. The highest BCUT2D eigenvalue weighted by Gasteiger charge is 2.31. The monoisotopic (exact) mass is 430 g/mol. The molecule has 1 atom stereocenters. The third-order valence-corrected chi connectivity index (χ3v) is 5.87. The number of nitrogens with one attached hydrogen (secondary N) is 1. The van der Waals surface area contributed by atoms with Gasteiger partial charge in [0, 0.05) is 11.5 Å². The van der Waals surface area contributed by atoms with Gasteiger partial charge in [-0.2, -0.15) is 0 Å². The maximum absolute atomic E-state index is 13.8. The zero-order chi connectivity index (χ0) is 22.0. The van der Waals surface area contributed by atoms with Gasteiger partial charge in [0.15, 0.2) is 17.3 Å². The summed E-state index contributed by atoms with van der Waals surface area (Å²) < 4.78 is 38.7. The summed E-state index contributed by atoms with van der Waals surface area (Å²) in [5, 5.41) is 2.34. The van der Waals surface area contributed by atoms with Crippen molar-refractivity contribution in [2.24, 2.45) is 5.92 Å². The van der Waals surface area contributed by atoms with E-state index < -0.39 is 29.3 Å². The van der Waals surface area contributed by atoms with E-state index in [9.17, 15) is 18.4 Å². The molecule has 1 amide bonds. The Morgan fingerprint density at radius 3 is 2.35 bits per heavy atom. The number of likely N-dealkylation sites (tertiary alicyclic amines) is 1. The maximum Gasteiger partial charge on any atom is 0.241 e. The number of anilines is 1. The third-order valence-electron chi connectivity index (χ3n) is 5.87. The fraction of sp³-hybridized carbons (Fsp3) is 0.391. The standard InChI is InChI=1S/C23H24F2N2O4/c1-14(23(29)26-21-17(24)3-2-4-18(21)25)27-9-7-15(8-10-27)22(28)16-5-6-19-20(13-16)31-12-11-30-19/h2-6,13-15H,7-12H2,1H3,(H,26,29). The number of piperidine rings is 1. The largest absolute Gasteiger partial charge is 0.486 e. The van der Waals surface area contributed by atoms with E-state index in [-0.39, 0.29) is 11.7 Å². The Hall–Kier alpha value is -3.00. The molecule has 1 fully saturated rings. The summed E-state index contributed by atoms with van der Waals surface area (Å²) in [6, 6.07) is 8.09. The first-order chi connectivity index (χ1) is 14.9. The van der Waals surface area contributed by atoms with Crippen molar-refractivity contribution in [1.29, 1.82) is 0 Å². The average Bonchev–Trinajstić information content (AvgIpc) is 2.80. The van der Waals surface area contributed by atoms with E-state index >= 15 is 0 Å². The minimum atomic E-state index is -0.815. The first-order valence-corrected chi connectivity index (χ1v) is 10.4. The van der Waals surface area contributed by atoms with E-state index in [1.165, 1.54) is 6.07 Å². The lowest BCUT2D eigenvalue weighted by molar-refractivity contribution is -0.121. The highest BCUT2D eigenvalue weighted by Crippen LogP contribution is 2.33. The lowest BCUT2D eigenvalue weighted by Crippen LogP contribution is -2.47. The van der Waals surface area contributed by atoms with E-state index in [0.29, 0.717) is 56.2 Å². The fourth-order valence-electron chi connectivity index (χ4n) is 3.99. The summed E-state index contributed by atoms with van der Waals surface area (Å²) in [6.07, 6.45) is 1.19. The van der Waals surface area contributed by atoms with Crippen LogP contribution in [-0.2, 0) is 4.79 Å². The van der Waals surface area contributed by atoms with E-state index in [2.05, 4.69) is 5.32 Å². The number of halogens is 2. The molecule has 0 spiro atoms. The molecule has 0 aliphatic carbocycles. The molecule has 1 N–H and O–H groups in total. The van der Waals surface area contributed by atoms with Crippen molar-refractivity contribution >= 4 is 17.4 Å². The average molecular weight is 430 g/mol. The van der Waals surface area contributed by atoms with Crippen LogP contribution in [0.2, 0.25) is 0 Å². The van der Waals surface area contributed by atoms with E-state index in [1.54, 1.807) is 25.1 Å². The summed E-state index contributed by atoms with van der Waals surface area (Å²) in [7, 11) is 0. The van der Waals surface area contributed by atoms with Crippen LogP contribution in [0.4, 0.5) is 14.5 Å². The minimum Gasteiger partial charge on any atom is -0.486 e. The zero-order valence-electron chi connectivity index (χ0n) is 17.2. The number of fused-ring (bicyclic) bond motifs is 1. The number of hydrogen-bond donors (Lipinski definition) is 1.